The van der Waals surface area contributed by atoms with E-state index in [0.29, 0.717) is 6.42 Å². The first-order valence-corrected chi connectivity index (χ1v) is 6.76. The van der Waals surface area contributed by atoms with Crippen LogP contribution in [0.1, 0.15) is 17.5 Å². The Morgan fingerprint density at radius 1 is 0.950 bits per heavy atom. The van der Waals surface area contributed by atoms with Crippen LogP contribution in [0, 0.1) is 5.92 Å². The fraction of sp³-hybridized carbons (Fsp3) is 0.167. The van der Waals surface area contributed by atoms with Crippen molar-refractivity contribution in [3.05, 3.63) is 83.9 Å². The van der Waals surface area contributed by atoms with Crippen LogP contribution >= 0.6 is 0 Å². The lowest BCUT2D eigenvalue weighted by Crippen LogP contribution is -2.36. The Morgan fingerprint density at radius 3 is 1.90 bits per heavy atom. The molecule has 2 heteroatoms. The minimum absolute atomic E-state index is 0.452. The van der Waals surface area contributed by atoms with Gasteiger partial charge in [-0.05, 0) is 17.5 Å². The largest absolute Gasteiger partial charge is 0.481 e. The lowest BCUT2D eigenvalue weighted by Gasteiger charge is -2.33. The topological polar surface area (TPSA) is 37.3 Å². The van der Waals surface area contributed by atoms with Crippen molar-refractivity contribution in [1.82, 2.24) is 0 Å². The molecule has 1 aliphatic carbocycles. The SMILES string of the molecule is O=C(O)C1CC=CC1(c1ccccc1)c1ccccc1. The summed E-state index contributed by atoms with van der Waals surface area (Å²) in [5, 5.41) is 9.63. The highest BCUT2D eigenvalue weighted by molar-refractivity contribution is 5.76. The number of hydrogen-bond donors (Lipinski definition) is 1. The summed E-state index contributed by atoms with van der Waals surface area (Å²) in [7, 11) is 0. The molecular formula is C18H16O2. The second-order valence-corrected chi connectivity index (χ2v) is 5.13. The lowest BCUT2D eigenvalue weighted by atomic mass is 9.68. The first-order valence-electron chi connectivity index (χ1n) is 6.76. The van der Waals surface area contributed by atoms with E-state index < -0.39 is 17.3 Å². The van der Waals surface area contributed by atoms with E-state index in [2.05, 4.69) is 6.08 Å². The van der Waals surface area contributed by atoms with Crippen molar-refractivity contribution in [3.8, 4) is 0 Å². The highest BCUT2D eigenvalue weighted by Crippen LogP contribution is 2.46. The van der Waals surface area contributed by atoms with E-state index in [1.807, 2.05) is 66.7 Å². The van der Waals surface area contributed by atoms with E-state index >= 15 is 0 Å². The first kappa shape index (κ1) is 12.7. The average molecular weight is 264 g/mol. The summed E-state index contributed by atoms with van der Waals surface area (Å²) in [6.45, 7) is 0. The van der Waals surface area contributed by atoms with Gasteiger partial charge in [0.1, 0.15) is 0 Å². The van der Waals surface area contributed by atoms with Crippen molar-refractivity contribution in [2.75, 3.05) is 0 Å². The summed E-state index contributed by atoms with van der Waals surface area (Å²) < 4.78 is 0. The van der Waals surface area contributed by atoms with E-state index in [4.69, 9.17) is 0 Å². The minimum Gasteiger partial charge on any atom is -0.481 e. The minimum atomic E-state index is -0.747. The number of carboxylic acids is 1. The summed E-state index contributed by atoms with van der Waals surface area (Å²) in [6.07, 6.45) is 4.61. The van der Waals surface area contributed by atoms with Gasteiger partial charge in [0.25, 0.3) is 0 Å². The number of carbonyl (C=O) groups is 1. The van der Waals surface area contributed by atoms with E-state index in [0.717, 1.165) is 11.1 Å². The fourth-order valence-electron chi connectivity index (χ4n) is 3.18. The summed E-state index contributed by atoms with van der Waals surface area (Å²) in [4.78, 5) is 11.7. The zero-order valence-corrected chi connectivity index (χ0v) is 11.1. The highest BCUT2D eigenvalue weighted by atomic mass is 16.4. The predicted octanol–water partition coefficient (Wildman–Crippen LogP) is 3.63. The summed E-state index contributed by atoms with van der Waals surface area (Å²) >= 11 is 0. The Labute approximate surface area is 118 Å². The van der Waals surface area contributed by atoms with Crippen LogP contribution in [0.15, 0.2) is 72.8 Å². The number of rotatable bonds is 3. The third kappa shape index (κ3) is 1.85. The van der Waals surface area contributed by atoms with Gasteiger partial charge < -0.3 is 5.11 Å². The molecule has 0 bridgehead atoms. The Kier molecular flexibility index (Phi) is 3.15. The molecule has 3 rings (SSSR count). The molecule has 1 unspecified atom stereocenters. The normalized spacial score (nSPS) is 19.9. The predicted molar refractivity (Wildman–Crippen MR) is 78.5 cm³/mol. The standard InChI is InChI=1S/C18H16O2/c19-17(20)16-12-7-13-18(16,14-8-3-1-4-9-14)15-10-5-2-6-11-15/h1-11,13,16H,12H2,(H,19,20). The Hall–Kier alpha value is -2.35. The molecule has 0 aliphatic heterocycles. The van der Waals surface area contributed by atoms with Crippen molar-refractivity contribution in [3.63, 3.8) is 0 Å². The molecule has 0 amide bonds. The van der Waals surface area contributed by atoms with Gasteiger partial charge in [-0.25, -0.2) is 0 Å². The highest BCUT2D eigenvalue weighted by Gasteiger charge is 2.46. The molecule has 2 aromatic carbocycles. The summed E-state index contributed by atoms with van der Waals surface area (Å²) in [5.41, 5.74) is 1.51. The fourth-order valence-corrected chi connectivity index (χ4v) is 3.18. The van der Waals surface area contributed by atoms with Crippen LogP contribution in [0.25, 0.3) is 0 Å². The molecule has 0 saturated carbocycles. The molecule has 2 aromatic rings. The molecule has 0 heterocycles. The number of aliphatic carboxylic acids is 1. The van der Waals surface area contributed by atoms with Crippen LogP contribution in [0.2, 0.25) is 0 Å². The molecule has 0 spiro atoms. The second kappa shape index (κ2) is 4.97. The van der Waals surface area contributed by atoms with Crippen LogP contribution in [-0.4, -0.2) is 11.1 Å². The van der Waals surface area contributed by atoms with Crippen LogP contribution in [0.3, 0.4) is 0 Å². The van der Waals surface area contributed by atoms with Gasteiger partial charge in [0.05, 0.1) is 11.3 Å². The average Bonchev–Trinajstić information content (AvgIpc) is 2.95. The molecule has 2 nitrogen and oxygen atoms in total. The van der Waals surface area contributed by atoms with Gasteiger partial charge in [-0.1, -0.05) is 72.8 Å². The van der Waals surface area contributed by atoms with E-state index in [1.165, 1.54) is 0 Å². The number of hydrogen-bond acceptors (Lipinski definition) is 1. The maximum absolute atomic E-state index is 11.7. The van der Waals surface area contributed by atoms with E-state index in [1.54, 1.807) is 0 Å². The zero-order valence-electron chi connectivity index (χ0n) is 11.1. The van der Waals surface area contributed by atoms with Crippen LogP contribution < -0.4 is 0 Å². The third-order valence-corrected chi connectivity index (χ3v) is 4.10. The first-order chi connectivity index (χ1) is 9.75. The van der Waals surface area contributed by atoms with Crippen molar-refractivity contribution in [2.45, 2.75) is 11.8 Å². The molecule has 1 N–H and O–H groups in total. The van der Waals surface area contributed by atoms with Crippen LogP contribution in [0.4, 0.5) is 0 Å². The molecule has 100 valence electrons. The maximum Gasteiger partial charge on any atom is 0.308 e. The third-order valence-electron chi connectivity index (χ3n) is 4.10. The summed E-state index contributed by atoms with van der Waals surface area (Å²) in [5.74, 6) is -1.20. The number of benzene rings is 2. The molecule has 0 aromatic heterocycles. The molecule has 0 fully saturated rings. The Morgan fingerprint density at radius 2 is 1.45 bits per heavy atom. The van der Waals surface area contributed by atoms with E-state index in [9.17, 15) is 9.90 Å². The Bertz CT molecular complexity index is 589. The van der Waals surface area contributed by atoms with Crippen molar-refractivity contribution < 1.29 is 9.90 Å². The molecule has 20 heavy (non-hydrogen) atoms. The van der Waals surface area contributed by atoms with Crippen LogP contribution in [0.5, 0.6) is 0 Å². The van der Waals surface area contributed by atoms with Gasteiger partial charge in [-0.2, -0.15) is 0 Å². The quantitative estimate of drug-likeness (QED) is 0.859. The van der Waals surface area contributed by atoms with Gasteiger partial charge in [0.15, 0.2) is 0 Å². The van der Waals surface area contributed by atoms with E-state index in [-0.39, 0.29) is 0 Å². The maximum atomic E-state index is 11.7. The zero-order chi connectivity index (χ0) is 14.0. The van der Waals surface area contributed by atoms with Gasteiger partial charge in [0, 0.05) is 0 Å². The van der Waals surface area contributed by atoms with Crippen LogP contribution in [-0.2, 0) is 10.2 Å². The lowest BCUT2D eigenvalue weighted by molar-refractivity contribution is -0.142. The smallest absolute Gasteiger partial charge is 0.308 e. The number of allylic oxidation sites excluding steroid dienone is 2. The monoisotopic (exact) mass is 264 g/mol. The molecule has 1 atom stereocenters. The van der Waals surface area contributed by atoms with Gasteiger partial charge in [-0.15, -0.1) is 0 Å². The number of carboxylic acid groups (broad SMARTS) is 1. The van der Waals surface area contributed by atoms with Crippen molar-refractivity contribution >= 4 is 5.97 Å². The van der Waals surface area contributed by atoms with Crippen molar-refractivity contribution in [1.29, 1.82) is 0 Å². The molecule has 1 aliphatic rings. The van der Waals surface area contributed by atoms with Gasteiger partial charge in [0.2, 0.25) is 0 Å². The van der Waals surface area contributed by atoms with Crippen molar-refractivity contribution in [2.24, 2.45) is 5.92 Å². The molecular weight excluding hydrogens is 248 g/mol. The molecule has 0 saturated heterocycles. The molecule has 0 radical (unpaired) electrons. The summed E-state index contributed by atoms with van der Waals surface area (Å²) in [6, 6.07) is 19.8. The van der Waals surface area contributed by atoms with Gasteiger partial charge >= 0.3 is 5.97 Å². The second-order valence-electron chi connectivity index (χ2n) is 5.13. The Balaban J connectivity index is 2.24. The van der Waals surface area contributed by atoms with Gasteiger partial charge in [-0.3, -0.25) is 4.79 Å².